The molecular weight excluding hydrogens is 236 g/mol. The molecule has 0 aliphatic carbocycles. The Labute approximate surface area is 115 Å². The van der Waals surface area contributed by atoms with E-state index in [1.54, 1.807) is 0 Å². The predicted octanol–water partition coefficient (Wildman–Crippen LogP) is 3.37. The van der Waals surface area contributed by atoms with Gasteiger partial charge in [0.15, 0.2) is 0 Å². The number of hydrogen-bond acceptors (Lipinski definition) is 2. The summed E-state index contributed by atoms with van der Waals surface area (Å²) in [5.74, 6) is 0.934. The molecule has 0 saturated carbocycles. The Kier molecular flexibility index (Phi) is 5.04. The maximum Gasteiger partial charge on any atom is 0.119 e. The lowest BCUT2D eigenvalue weighted by molar-refractivity contribution is 0.302. The molecule has 102 valence electrons. The summed E-state index contributed by atoms with van der Waals surface area (Å²) in [5, 5.41) is 0. The molecule has 0 spiro atoms. The first kappa shape index (κ1) is 13.7. The quantitative estimate of drug-likeness (QED) is 0.773. The third kappa shape index (κ3) is 4.14. The van der Waals surface area contributed by atoms with Gasteiger partial charge in [0.25, 0.3) is 0 Å². The van der Waals surface area contributed by atoms with Crippen LogP contribution >= 0.6 is 0 Å². The van der Waals surface area contributed by atoms with Crippen molar-refractivity contribution in [1.82, 2.24) is 4.57 Å². The number of aryl methyl sites for hydroxylation is 1. The number of nitrogens with two attached hydrogens (primary N) is 1. The molecule has 1 heterocycles. The summed E-state index contributed by atoms with van der Waals surface area (Å²) >= 11 is 0. The van der Waals surface area contributed by atoms with Crippen LogP contribution < -0.4 is 10.5 Å². The zero-order valence-corrected chi connectivity index (χ0v) is 11.5. The Hall–Kier alpha value is -1.74. The van der Waals surface area contributed by atoms with Crippen LogP contribution in [0.15, 0.2) is 48.8 Å². The summed E-state index contributed by atoms with van der Waals surface area (Å²) in [5.41, 5.74) is 7.21. The van der Waals surface area contributed by atoms with Gasteiger partial charge in [-0.2, -0.15) is 0 Å². The summed E-state index contributed by atoms with van der Waals surface area (Å²) < 4.78 is 7.84. The summed E-state index contributed by atoms with van der Waals surface area (Å²) in [6.07, 6.45) is 6.19. The third-order valence-corrected chi connectivity index (χ3v) is 3.21. The Morgan fingerprint density at radius 3 is 2.74 bits per heavy atom. The monoisotopic (exact) mass is 258 g/mol. The molecule has 1 aromatic carbocycles. The van der Waals surface area contributed by atoms with E-state index < -0.39 is 0 Å². The second kappa shape index (κ2) is 7.00. The first-order valence-corrected chi connectivity index (χ1v) is 6.88. The van der Waals surface area contributed by atoms with Gasteiger partial charge in [0.2, 0.25) is 0 Å². The van der Waals surface area contributed by atoms with Crippen molar-refractivity contribution >= 4 is 0 Å². The normalized spacial score (nSPS) is 12.3. The molecule has 2 rings (SSSR count). The molecule has 0 aliphatic rings. The Balaban J connectivity index is 1.72. The number of nitrogens with zero attached hydrogens (tertiary/aromatic N) is 1. The largest absolute Gasteiger partial charge is 0.494 e. The van der Waals surface area contributed by atoms with Crippen LogP contribution in [0.5, 0.6) is 5.75 Å². The van der Waals surface area contributed by atoms with Crippen molar-refractivity contribution < 1.29 is 4.74 Å². The molecule has 0 fully saturated rings. The van der Waals surface area contributed by atoms with Gasteiger partial charge >= 0.3 is 0 Å². The Morgan fingerprint density at radius 1 is 1.21 bits per heavy atom. The second-order valence-corrected chi connectivity index (χ2v) is 4.71. The van der Waals surface area contributed by atoms with Crippen LogP contribution in [0, 0.1) is 0 Å². The molecule has 0 saturated heterocycles. The minimum absolute atomic E-state index is 0.154. The highest BCUT2D eigenvalue weighted by Crippen LogP contribution is 2.14. The van der Waals surface area contributed by atoms with Crippen LogP contribution in [0.3, 0.4) is 0 Å². The smallest absolute Gasteiger partial charge is 0.119 e. The van der Waals surface area contributed by atoms with Crippen LogP contribution in [0.2, 0.25) is 0 Å². The number of aromatic nitrogens is 1. The van der Waals surface area contributed by atoms with E-state index in [1.807, 2.05) is 30.3 Å². The van der Waals surface area contributed by atoms with E-state index in [-0.39, 0.29) is 6.04 Å². The van der Waals surface area contributed by atoms with E-state index in [4.69, 9.17) is 10.5 Å². The molecule has 1 unspecified atom stereocenters. The molecule has 2 aromatic rings. The van der Waals surface area contributed by atoms with Crippen molar-refractivity contribution in [2.45, 2.75) is 32.4 Å². The highest BCUT2D eigenvalue weighted by atomic mass is 16.5. The topological polar surface area (TPSA) is 40.2 Å². The summed E-state index contributed by atoms with van der Waals surface area (Å²) in [7, 11) is 0. The van der Waals surface area contributed by atoms with Crippen molar-refractivity contribution in [1.29, 1.82) is 0 Å². The van der Waals surface area contributed by atoms with Crippen molar-refractivity contribution in [3.05, 3.63) is 54.4 Å². The number of para-hydroxylation sites is 1. The fraction of sp³-hybridized carbons (Fsp3) is 0.375. The molecule has 3 heteroatoms. The van der Waals surface area contributed by atoms with Crippen LogP contribution in [-0.4, -0.2) is 11.2 Å². The maximum absolute atomic E-state index is 6.00. The Morgan fingerprint density at radius 2 is 2.00 bits per heavy atom. The van der Waals surface area contributed by atoms with Crippen LogP contribution in [0.25, 0.3) is 0 Å². The van der Waals surface area contributed by atoms with Crippen LogP contribution in [0.1, 0.15) is 31.4 Å². The van der Waals surface area contributed by atoms with Gasteiger partial charge in [0.05, 0.1) is 6.61 Å². The zero-order chi connectivity index (χ0) is 13.5. The maximum atomic E-state index is 6.00. The van der Waals surface area contributed by atoms with Crippen molar-refractivity contribution in [3.63, 3.8) is 0 Å². The third-order valence-electron chi connectivity index (χ3n) is 3.21. The van der Waals surface area contributed by atoms with E-state index in [2.05, 4.69) is 30.0 Å². The fourth-order valence-electron chi connectivity index (χ4n) is 2.01. The standard InChI is InChI=1S/C16H22N2O/c1-2-16(17)14-9-11-18(13-14)10-6-12-19-15-7-4-3-5-8-15/h3-5,7-9,11,13,16H,2,6,10,12,17H2,1H3. The van der Waals surface area contributed by atoms with Gasteiger partial charge < -0.3 is 15.0 Å². The van der Waals surface area contributed by atoms with E-state index >= 15 is 0 Å². The minimum Gasteiger partial charge on any atom is -0.494 e. The first-order valence-electron chi connectivity index (χ1n) is 6.88. The summed E-state index contributed by atoms with van der Waals surface area (Å²) in [6, 6.07) is 12.2. The summed E-state index contributed by atoms with van der Waals surface area (Å²) in [6.45, 7) is 3.80. The van der Waals surface area contributed by atoms with Crippen molar-refractivity contribution in [2.24, 2.45) is 5.73 Å². The highest BCUT2D eigenvalue weighted by molar-refractivity contribution is 5.20. The van der Waals surface area contributed by atoms with Gasteiger partial charge in [-0.15, -0.1) is 0 Å². The molecule has 0 bridgehead atoms. The van der Waals surface area contributed by atoms with Gasteiger partial charge in [0.1, 0.15) is 5.75 Å². The molecule has 0 aliphatic heterocycles. The van der Waals surface area contributed by atoms with Gasteiger partial charge in [-0.25, -0.2) is 0 Å². The lowest BCUT2D eigenvalue weighted by Crippen LogP contribution is -2.08. The van der Waals surface area contributed by atoms with Crippen molar-refractivity contribution in [3.8, 4) is 5.75 Å². The highest BCUT2D eigenvalue weighted by Gasteiger charge is 2.04. The average Bonchev–Trinajstić information content (AvgIpc) is 2.93. The van der Waals surface area contributed by atoms with Crippen LogP contribution in [0.4, 0.5) is 0 Å². The molecule has 0 amide bonds. The van der Waals surface area contributed by atoms with E-state index in [0.717, 1.165) is 31.7 Å². The molecule has 1 aromatic heterocycles. The molecule has 3 nitrogen and oxygen atoms in total. The fourth-order valence-corrected chi connectivity index (χ4v) is 2.01. The van der Waals surface area contributed by atoms with E-state index in [0.29, 0.717) is 0 Å². The second-order valence-electron chi connectivity index (χ2n) is 4.71. The van der Waals surface area contributed by atoms with Gasteiger partial charge in [-0.05, 0) is 36.6 Å². The molecule has 2 N–H and O–H groups in total. The number of rotatable bonds is 7. The molecule has 0 radical (unpaired) electrons. The van der Waals surface area contributed by atoms with E-state index in [9.17, 15) is 0 Å². The lowest BCUT2D eigenvalue weighted by Gasteiger charge is -2.07. The van der Waals surface area contributed by atoms with E-state index in [1.165, 1.54) is 5.56 Å². The minimum atomic E-state index is 0.154. The molecular formula is C16H22N2O. The predicted molar refractivity (Wildman–Crippen MR) is 78.2 cm³/mol. The number of hydrogen-bond donors (Lipinski definition) is 1. The molecule has 19 heavy (non-hydrogen) atoms. The molecule has 1 atom stereocenters. The zero-order valence-electron chi connectivity index (χ0n) is 11.5. The van der Waals surface area contributed by atoms with Gasteiger partial charge in [-0.1, -0.05) is 25.1 Å². The van der Waals surface area contributed by atoms with Crippen LogP contribution in [-0.2, 0) is 6.54 Å². The number of ether oxygens (including phenoxy) is 1. The SMILES string of the molecule is CCC(N)c1ccn(CCCOc2ccccc2)c1. The van der Waals surface area contributed by atoms with Gasteiger partial charge in [0, 0.05) is 25.0 Å². The number of benzene rings is 1. The van der Waals surface area contributed by atoms with Crippen molar-refractivity contribution in [2.75, 3.05) is 6.61 Å². The summed E-state index contributed by atoms with van der Waals surface area (Å²) in [4.78, 5) is 0. The first-order chi connectivity index (χ1) is 9.29. The average molecular weight is 258 g/mol. The van der Waals surface area contributed by atoms with Gasteiger partial charge in [-0.3, -0.25) is 0 Å². The Bertz CT molecular complexity index is 479. The lowest BCUT2D eigenvalue weighted by atomic mass is 10.1.